The van der Waals surface area contributed by atoms with Crippen molar-refractivity contribution < 1.29 is 27.7 Å². The number of nitrogens with one attached hydrogen (secondary N) is 1. The van der Waals surface area contributed by atoms with Gasteiger partial charge in [0, 0.05) is 29.6 Å². The molecule has 10 heteroatoms. The second kappa shape index (κ2) is 7.01. The minimum absolute atomic E-state index is 0.0180. The first-order valence-electron chi connectivity index (χ1n) is 8.33. The number of imidazole rings is 1. The van der Waals surface area contributed by atoms with E-state index in [0.717, 1.165) is 5.56 Å². The third-order valence-corrected chi connectivity index (χ3v) is 5.06. The number of thioether (sulfide) groups is 1. The summed E-state index contributed by atoms with van der Waals surface area (Å²) in [6, 6.07) is 3.04. The number of pyridine rings is 1. The van der Waals surface area contributed by atoms with Crippen molar-refractivity contribution in [1.29, 1.82) is 0 Å². The molecule has 0 bridgehead atoms. The Morgan fingerprint density at radius 2 is 2.00 bits per heavy atom. The number of benzene rings is 1. The Morgan fingerprint density at radius 1 is 1.21 bits per heavy atom. The van der Waals surface area contributed by atoms with E-state index in [-0.39, 0.29) is 11.5 Å². The molecule has 1 aliphatic rings. The molecular formula is C18H17F2N3O4S. The van der Waals surface area contributed by atoms with E-state index in [4.69, 9.17) is 14.2 Å². The highest BCUT2D eigenvalue weighted by molar-refractivity contribution is 7.98. The second-order valence-corrected chi connectivity index (χ2v) is 7.09. The first-order chi connectivity index (χ1) is 13.4. The molecule has 1 aromatic carbocycles. The van der Waals surface area contributed by atoms with Gasteiger partial charge in [0.25, 0.3) is 0 Å². The second-order valence-electron chi connectivity index (χ2n) is 6.13. The van der Waals surface area contributed by atoms with Crippen LogP contribution in [0.3, 0.4) is 0 Å². The Bertz CT molecular complexity index is 1040. The fourth-order valence-electron chi connectivity index (χ4n) is 2.91. The predicted molar refractivity (Wildman–Crippen MR) is 98.8 cm³/mol. The number of alkyl halides is 2. The Hall–Kier alpha value is -2.75. The normalized spacial score (nSPS) is 14.9. The van der Waals surface area contributed by atoms with Crippen molar-refractivity contribution in [2.45, 2.75) is 23.9 Å². The summed E-state index contributed by atoms with van der Waals surface area (Å²) in [5, 5.41) is 0.604. The Balaban J connectivity index is 1.58. The molecule has 0 atom stereocenters. The standard InChI is InChI=1S/C18H17F2N3O4S/c1-9-6-21-12(16(25-3)15(9)24-2)7-28-17-22-10-4-13-14(5-11(10)23-17)27-18(19,20)8-26-13/h4-6H,7-8H2,1-3H3,(H,22,23). The molecule has 0 spiro atoms. The van der Waals surface area contributed by atoms with Crippen LogP contribution in [0, 0.1) is 6.92 Å². The minimum Gasteiger partial charge on any atom is -0.492 e. The molecule has 148 valence electrons. The van der Waals surface area contributed by atoms with Crippen LogP contribution in [0.2, 0.25) is 0 Å². The average Bonchev–Trinajstić information content (AvgIpc) is 3.05. The molecule has 0 saturated heterocycles. The number of fused-ring (bicyclic) bond motifs is 2. The van der Waals surface area contributed by atoms with E-state index >= 15 is 0 Å². The van der Waals surface area contributed by atoms with Gasteiger partial charge in [-0.2, -0.15) is 8.78 Å². The fraction of sp³-hybridized carbons (Fsp3) is 0.333. The van der Waals surface area contributed by atoms with Crippen molar-refractivity contribution >= 4 is 22.8 Å². The van der Waals surface area contributed by atoms with Crippen molar-refractivity contribution in [1.82, 2.24) is 15.0 Å². The molecule has 0 radical (unpaired) electrons. The van der Waals surface area contributed by atoms with E-state index in [2.05, 4.69) is 19.7 Å². The summed E-state index contributed by atoms with van der Waals surface area (Å²) >= 11 is 1.40. The Kier molecular flexibility index (Phi) is 4.66. The zero-order valence-corrected chi connectivity index (χ0v) is 16.2. The van der Waals surface area contributed by atoms with Gasteiger partial charge in [-0.05, 0) is 6.92 Å². The van der Waals surface area contributed by atoms with Crippen LogP contribution < -0.4 is 18.9 Å². The quantitative estimate of drug-likeness (QED) is 0.640. The Labute approximate surface area is 163 Å². The van der Waals surface area contributed by atoms with Crippen LogP contribution in [0.15, 0.2) is 23.5 Å². The summed E-state index contributed by atoms with van der Waals surface area (Å²) < 4.78 is 47.3. The van der Waals surface area contributed by atoms with Gasteiger partial charge in [-0.25, -0.2) is 4.98 Å². The number of methoxy groups -OCH3 is 2. The van der Waals surface area contributed by atoms with Gasteiger partial charge >= 0.3 is 6.11 Å². The maximum absolute atomic E-state index is 13.4. The summed E-state index contributed by atoms with van der Waals surface area (Å²) in [6.45, 7) is 1.07. The number of hydrogen-bond acceptors (Lipinski definition) is 7. The topological polar surface area (TPSA) is 78.5 Å². The number of ether oxygens (including phenoxy) is 4. The zero-order valence-electron chi connectivity index (χ0n) is 15.3. The highest BCUT2D eigenvalue weighted by Gasteiger charge is 2.38. The smallest absolute Gasteiger partial charge is 0.433 e. The number of rotatable bonds is 5. The molecule has 28 heavy (non-hydrogen) atoms. The third-order valence-electron chi connectivity index (χ3n) is 4.18. The van der Waals surface area contributed by atoms with E-state index in [1.807, 2.05) is 6.92 Å². The minimum atomic E-state index is -3.34. The molecular weight excluding hydrogens is 392 g/mol. The summed E-state index contributed by atoms with van der Waals surface area (Å²) in [5.74, 6) is 1.92. The molecule has 0 unspecified atom stereocenters. The molecule has 0 amide bonds. The van der Waals surface area contributed by atoms with Gasteiger partial charge in [-0.1, -0.05) is 11.8 Å². The lowest BCUT2D eigenvalue weighted by Crippen LogP contribution is -2.35. The number of hydrogen-bond donors (Lipinski definition) is 1. The van der Waals surface area contributed by atoms with Crippen LogP contribution in [0.4, 0.5) is 8.78 Å². The largest absolute Gasteiger partial charge is 0.492 e. The highest BCUT2D eigenvalue weighted by Crippen LogP contribution is 2.40. The Morgan fingerprint density at radius 3 is 2.75 bits per heavy atom. The number of aromatic nitrogens is 3. The molecule has 1 aliphatic heterocycles. The van der Waals surface area contributed by atoms with E-state index < -0.39 is 12.7 Å². The van der Waals surface area contributed by atoms with Gasteiger partial charge < -0.3 is 23.9 Å². The van der Waals surface area contributed by atoms with Crippen molar-refractivity contribution in [2.75, 3.05) is 20.8 Å². The van der Waals surface area contributed by atoms with Crippen LogP contribution in [0.25, 0.3) is 11.0 Å². The lowest BCUT2D eigenvalue weighted by molar-refractivity contribution is -0.208. The van der Waals surface area contributed by atoms with Gasteiger partial charge in [0.15, 0.2) is 34.8 Å². The van der Waals surface area contributed by atoms with Crippen molar-refractivity contribution in [3.8, 4) is 23.0 Å². The van der Waals surface area contributed by atoms with Gasteiger partial charge in [-0.3, -0.25) is 4.98 Å². The molecule has 3 heterocycles. The van der Waals surface area contributed by atoms with Crippen LogP contribution in [0.1, 0.15) is 11.3 Å². The van der Waals surface area contributed by atoms with Gasteiger partial charge in [0.2, 0.25) is 0 Å². The number of aryl methyl sites for hydroxylation is 1. The number of H-pyrrole nitrogens is 1. The molecule has 0 saturated carbocycles. The van der Waals surface area contributed by atoms with Crippen molar-refractivity contribution in [3.63, 3.8) is 0 Å². The van der Waals surface area contributed by atoms with Crippen LogP contribution in [-0.4, -0.2) is 41.9 Å². The van der Waals surface area contributed by atoms with Gasteiger partial charge in [0.05, 0.1) is 30.9 Å². The number of nitrogens with zero attached hydrogens (tertiary/aromatic N) is 2. The first-order valence-corrected chi connectivity index (χ1v) is 9.31. The number of halogens is 2. The maximum atomic E-state index is 13.4. The molecule has 7 nitrogen and oxygen atoms in total. The monoisotopic (exact) mass is 409 g/mol. The maximum Gasteiger partial charge on any atom is 0.433 e. The van der Waals surface area contributed by atoms with Crippen LogP contribution >= 0.6 is 11.8 Å². The average molecular weight is 409 g/mol. The molecule has 0 fully saturated rings. The van der Waals surface area contributed by atoms with Crippen molar-refractivity contribution in [3.05, 3.63) is 29.6 Å². The van der Waals surface area contributed by atoms with Crippen molar-refractivity contribution in [2.24, 2.45) is 0 Å². The van der Waals surface area contributed by atoms with Gasteiger partial charge in [-0.15, -0.1) is 0 Å². The molecule has 1 N–H and O–H groups in total. The molecule has 2 aromatic heterocycles. The summed E-state index contributed by atoms with van der Waals surface area (Å²) in [4.78, 5) is 12.0. The molecule has 4 rings (SSSR count). The lowest BCUT2D eigenvalue weighted by Gasteiger charge is -2.25. The summed E-state index contributed by atoms with van der Waals surface area (Å²) in [5.41, 5.74) is 2.75. The fourth-order valence-corrected chi connectivity index (χ4v) is 3.74. The first kappa shape index (κ1) is 18.6. The predicted octanol–water partition coefficient (Wildman–Crippen LogP) is 3.94. The van der Waals surface area contributed by atoms with Gasteiger partial charge in [0.1, 0.15) is 0 Å². The highest BCUT2D eigenvalue weighted by atomic mass is 32.2. The van der Waals surface area contributed by atoms with E-state index in [9.17, 15) is 8.78 Å². The molecule has 3 aromatic rings. The van der Waals surface area contributed by atoms with E-state index in [0.29, 0.717) is 39.1 Å². The van der Waals surface area contributed by atoms with Crippen LogP contribution in [-0.2, 0) is 5.75 Å². The summed E-state index contributed by atoms with van der Waals surface area (Å²) in [7, 11) is 3.14. The van der Waals surface area contributed by atoms with E-state index in [1.54, 1.807) is 26.5 Å². The SMILES string of the molecule is COc1c(C)cnc(CSc2nc3cc4c(cc3[nH]2)OC(F)(F)CO4)c1OC. The number of aromatic amines is 1. The molecule has 0 aliphatic carbocycles. The van der Waals surface area contributed by atoms with E-state index in [1.165, 1.54) is 17.8 Å². The summed E-state index contributed by atoms with van der Waals surface area (Å²) in [6.07, 6.45) is -1.62. The lowest BCUT2D eigenvalue weighted by atomic mass is 10.2. The zero-order chi connectivity index (χ0) is 19.9. The van der Waals surface area contributed by atoms with Crippen LogP contribution in [0.5, 0.6) is 23.0 Å². The third kappa shape index (κ3) is 3.39.